The highest BCUT2D eigenvalue weighted by molar-refractivity contribution is 5.99. The maximum atomic E-state index is 12.4. The third kappa shape index (κ3) is 4.87. The quantitative estimate of drug-likeness (QED) is 0.847. The second kappa shape index (κ2) is 8.76. The Bertz CT molecular complexity index is 688. The minimum absolute atomic E-state index is 0.125. The van der Waals surface area contributed by atoms with Crippen molar-refractivity contribution in [3.05, 3.63) is 59.7 Å². The van der Waals surface area contributed by atoms with Crippen LogP contribution in [0, 0.1) is 0 Å². The average molecular weight is 326 g/mol. The Morgan fingerprint density at radius 1 is 1.12 bits per heavy atom. The van der Waals surface area contributed by atoms with Crippen molar-refractivity contribution in [3.8, 4) is 0 Å². The average Bonchev–Trinajstić information content (AvgIpc) is 2.64. The molecule has 0 aromatic carbocycles. The highest BCUT2D eigenvalue weighted by Crippen LogP contribution is 2.07. The SMILES string of the molecule is CCCCN(C)C(=O)c1cncc(C(=O)NCc2ccncc2)c1. The Hall–Kier alpha value is -2.76. The van der Waals surface area contributed by atoms with Gasteiger partial charge in [0.25, 0.3) is 11.8 Å². The summed E-state index contributed by atoms with van der Waals surface area (Å²) in [6.45, 7) is 3.16. The van der Waals surface area contributed by atoms with Gasteiger partial charge in [0.1, 0.15) is 0 Å². The molecule has 0 aliphatic carbocycles. The summed E-state index contributed by atoms with van der Waals surface area (Å²) in [4.78, 5) is 34.2. The lowest BCUT2D eigenvalue weighted by molar-refractivity contribution is 0.0793. The van der Waals surface area contributed by atoms with Crippen molar-refractivity contribution < 1.29 is 9.59 Å². The molecule has 0 spiro atoms. The monoisotopic (exact) mass is 326 g/mol. The van der Waals surface area contributed by atoms with E-state index in [1.807, 2.05) is 12.1 Å². The second-order valence-corrected chi connectivity index (χ2v) is 5.58. The molecule has 0 unspecified atom stereocenters. The molecule has 2 heterocycles. The molecule has 1 N–H and O–H groups in total. The van der Waals surface area contributed by atoms with Crippen LogP contribution in [0.2, 0.25) is 0 Å². The molecule has 0 saturated heterocycles. The Balaban J connectivity index is 2.01. The Morgan fingerprint density at radius 2 is 1.83 bits per heavy atom. The molecule has 0 radical (unpaired) electrons. The normalized spacial score (nSPS) is 10.2. The number of rotatable bonds is 7. The summed E-state index contributed by atoms with van der Waals surface area (Å²) < 4.78 is 0. The van der Waals surface area contributed by atoms with Crippen LogP contribution in [0.4, 0.5) is 0 Å². The van der Waals surface area contributed by atoms with Crippen molar-refractivity contribution in [2.24, 2.45) is 0 Å². The van der Waals surface area contributed by atoms with Gasteiger partial charge in [-0.05, 0) is 30.2 Å². The molecule has 6 heteroatoms. The van der Waals surface area contributed by atoms with E-state index >= 15 is 0 Å². The first-order chi connectivity index (χ1) is 11.6. The van der Waals surface area contributed by atoms with E-state index in [-0.39, 0.29) is 11.8 Å². The number of pyridine rings is 2. The summed E-state index contributed by atoms with van der Waals surface area (Å²) in [5, 5.41) is 2.81. The third-order valence-electron chi connectivity index (χ3n) is 3.64. The lowest BCUT2D eigenvalue weighted by Gasteiger charge is -2.16. The Labute approximate surface area is 141 Å². The highest BCUT2D eigenvalue weighted by atomic mass is 16.2. The molecule has 24 heavy (non-hydrogen) atoms. The summed E-state index contributed by atoms with van der Waals surface area (Å²) in [5.41, 5.74) is 1.75. The lowest BCUT2D eigenvalue weighted by atomic mass is 10.1. The first kappa shape index (κ1) is 17.6. The standard InChI is InChI=1S/C18H22N4O2/c1-3-4-9-22(2)18(24)16-10-15(12-20-13-16)17(23)21-11-14-5-7-19-8-6-14/h5-8,10,12-13H,3-4,9,11H2,1-2H3,(H,21,23). The van der Waals surface area contributed by atoms with Crippen molar-refractivity contribution >= 4 is 11.8 Å². The molecule has 0 atom stereocenters. The molecule has 2 amide bonds. The van der Waals surface area contributed by atoms with Gasteiger partial charge in [-0.25, -0.2) is 0 Å². The second-order valence-electron chi connectivity index (χ2n) is 5.58. The van der Waals surface area contributed by atoms with Gasteiger partial charge in [-0.15, -0.1) is 0 Å². The minimum atomic E-state index is -0.259. The van der Waals surface area contributed by atoms with Gasteiger partial charge in [-0.1, -0.05) is 13.3 Å². The number of hydrogen-bond acceptors (Lipinski definition) is 4. The Morgan fingerprint density at radius 3 is 2.54 bits per heavy atom. The minimum Gasteiger partial charge on any atom is -0.348 e. The third-order valence-corrected chi connectivity index (χ3v) is 3.64. The van der Waals surface area contributed by atoms with Crippen molar-refractivity contribution in [1.29, 1.82) is 0 Å². The van der Waals surface area contributed by atoms with Gasteiger partial charge in [0, 0.05) is 44.9 Å². The number of hydrogen-bond donors (Lipinski definition) is 1. The van der Waals surface area contributed by atoms with Crippen LogP contribution in [-0.2, 0) is 6.54 Å². The zero-order valence-electron chi connectivity index (χ0n) is 14.0. The summed E-state index contributed by atoms with van der Waals surface area (Å²) in [6, 6.07) is 5.25. The molecule has 126 valence electrons. The van der Waals surface area contributed by atoms with Gasteiger partial charge in [0.15, 0.2) is 0 Å². The van der Waals surface area contributed by atoms with E-state index < -0.39 is 0 Å². The fourth-order valence-corrected chi connectivity index (χ4v) is 2.18. The number of carbonyl (C=O) groups is 2. The molecule has 0 aliphatic rings. The molecule has 0 aliphatic heterocycles. The number of aromatic nitrogens is 2. The van der Waals surface area contributed by atoms with Crippen LogP contribution in [0.25, 0.3) is 0 Å². The number of carbonyl (C=O) groups excluding carboxylic acids is 2. The molecule has 2 aromatic rings. The van der Waals surface area contributed by atoms with E-state index in [9.17, 15) is 9.59 Å². The molecule has 2 rings (SSSR count). The summed E-state index contributed by atoms with van der Waals surface area (Å²) >= 11 is 0. The van der Waals surface area contributed by atoms with Crippen molar-refractivity contribution in [2.75, 3.05) is 13.6 Å². The maximum absolute atomic E-state index is 12.4. The van der Waals surface area contributed by atoms with Gasteiger partial charge < -0.3 is 10.2 Å². The van der Waals surface area contributed by atoms with Crippen molar-refractivity contribution in [2.45, 2.75) is 26.3 Å². The number of unbranched alkanes of at least 4 members (excludes halogenated alkanes) is 1. The van der Waals surface area contributed by atoms with Crippen LogP contribution in [-0.4, -0.2) is 40.3 Å². The number of nitrogens with one attached hydrogen (secondary N) is 1. The molecule has 0 saturated carbocycles. The van der Waals surface area contributed by atoms with E-state index in [4.69, 9.17) is 0 Å². The molecule has 0 bridgehead atoms. The topological polar surface area (TPSA) is 75.2 Å². The fourth-order valence-electron chi connectivity index (χ4n) is 2.18. The predicted molar refractivity (Wildman–Crippen MR) is 91.5 cm³/mol. The van der Waals surface area contributed by atoms with Gasteiger partial charge in [-0.2, -0.15) is 0 Å². The molecule has 0 fully saturated rings. The number of nitrogens with zero attached hydrogens (tertiary/aromatic N) is 3. The van der Waals surface area contributed by atoms with Crippen LogP contribution in [0.5, 0.6) is 0 Å². The molecular formula is C18H22N4O2. The first-order valence-electron chi connectivity index (χ1n) is 7.99. The van der Waals surface area contributed by atoms with Crippen LogP contribution < -0.4 is 5.32 Å². The highest BCUT2D eigenvalue weighted by Gasteiger charge is 2.14. The summed E-state index contributed by atoms with van der Waals surface area (Å²) in [6.07, 6.45) is 8.27. The van der Waals surface area contributed by atoms with Gasteiger partial charge in [-0.3, -0.25) is 19.6 Å². The fraction of sp³-hybridized carbons (Fsp3) is 0.333. The molecular weight excluding hydrogens is 304 g/mol. The van der Waals surface area contributed by atoms with Crippen molar-refractivity contribution in [1.82, 2.24) is 20.2 Å². The van der Waals surface area contributed by atoms with E-state index in [1.54, 1.807) is 30.4 Å². The van der Waals surface area contributed by atoms with Gasteiger partial charge >= 0.3 is 0 Å². The van der Waals surface area contributed by atoms with Crippen LogP contribution >= 0.6 is 0 Å². The number of amides is 2. The van der Waals surface area contributed by atoms with E-state index in [0.717, 1.165) is 18.4 Å². The largest absolute Gasteiger partial charge is 0.348 e. The van der Waals surface area contributed by atoms with Crippen LogP contribution in [0.1, 0.15) is 46.0 Å². The first-order valence-corrected chi connectivity index (χ1v) is 7.99. The van der Waals surface area contributed by atoms with Gasteiger partial charge in [0.05, 0.1) is 11.1 Å². The van der Waals surface area contributed by atoms with Gasteiger partial charge in [0.2, 0.25) is 0 Å². The van der Waals surface area contributed by atoms with E-state index in [0.29, 0.717) is 24.2 Å². The zero-order chi connectivity index (χ0) is 17.4. The molecule has 6 nitrogen and oxygen atoms in total. The smallest absolute Gasteiger partial charge is 0.255 e. The van der Waals surface area contributed by atoms with Crippen LogP contribution in [0.15, 0.2) is 43.0 Å². The van der Waals surface area contributed by atoms with Crippen molar-refractivity contribution in [3.63, 3.8) is 0 Å². The Kier molecular flexibility index (Phi) is 6.42. The van der Waals surface area contributed by atoms with E-state index in [1.165, 1.54) is 12.4 Å². The lowest BCUT2D eigenvalue weighted by Crippen LogP contribution is -2.28. The molecule has 2 aromatic heterocycles. The van der Waals surface area contributed by atoms with Crippen LogP contribution in [0.3, 0.4) is 0 Å². The maximum Gasteiger partial charge on any atom is 0.255 e. The summed E-state index contributed by atoms with van der Waals surface area (Å²) in [5.74, 6) is -0.384. The predicted octanol–water partition coefficient (Wildman–Crippen LogP) is 2.28. The van der Waals surface area contributed by atoms with E-state index in [2.05, 4.69) is 22.2 Å². The zero-order valence-corrected chi connectivity index (χ0v) is 14.0. The summed E-state index contributed by atoms with van der Waals surface area (Å²) in [7, 11) is 1.76.